The first-order valence-electron chi connectivity index (χ1n) is 16.5. The normalized spacial score (nSPS) is 18.8. The maximum Gasteiger partial charge on any atom is 0.312 e. The van der Waals surface area contributed by atoms with Crippen molar-refractivity contribution in [1.82, 2.24) is 4.90 Å². The molecule has 0 spiro atoms. The lowest BCUT2D eigenvalue weighted by Gasteiger charge is -2.38. The third-order valence-corrected chi connectivity index (χ3v) is 9.04. The number of carboxylic acids is 1. The molecule has 2 aliphatic heterocycles. The van der Waals surface area contributed by atoms with Gasteiger partial charge in [-0.3, -0.25) is 9.69 Å². The predicted octanol–water partition coefficient (Wildman–Crippen LogP) is 7.88. The van der Waals surface area contributed by atoms with E-state index in [0.717, 1.165) is 52.5 Å². The zero-order valence-electron chi connectivity index (χ0n) is 28.6. The lowest BCUT2D eigenvalue weighted by molar-refractivity contribution is -0.157. The summed E-state index contributed by atoms with van der Waals surface area (Å²) < 4.78 is 10.7. The minimum Gasteiger partial charge on any atom is -0.481 e. The van der Waals surface area contributed by atoms with Crippen LogP contribution < -0.4 is 5.32 Å². The number of hydrogen-bond acceptors (Lipinski definition) is 7. The number of nitrogens with one attached hydrogen (secondary N) is 1. The molecular formula is C37H52ClN3O5. The molecule has 0 amide bonds. The number of carboxylic acid groups (broad SMARTS) is 1. The molecule has 0 bridgehead atoms. The quantitative estimate of drug-likeness (QED) is 0.213. The van der Waals surface area contributed by atoms with Gasteiger partial charge in [0.1, 0.15) is 0 Å². The third kappa shape index (κ3) is 9.57. The average molecular weight is 654 g/mol. The number of benzene rings is 2. The van der Waals surface area contributed by atoms with Crippen LogP contribution in [0.3, 0.4) is 0 Å². The van der Waals surface area contributed by atoms with Gasteiger partial charge >= 0.3 is 5.97 Å². The molecule has 4 rings (SSSR count). The van der Waals surface area contributed by atoms with Crippen LogP contribution in [0.5, 0.6) is 0 Å². The van der Waals surface area contributed by atoms with E-state index in [0.29, 0.717) is 50.8 Å². The number of aliphatic carboxylic acids is 1. The van der Waals surface area contributed by atoms with Gasteiger partial charge in [0.05, 0.1) is 30.9 Å². The molecule has 1 saturated heterocycles. The van der Waals surface area contributed by atoms with Crippen molar-refractivity contribution < 1.29 is 24.2 Å². The van der Waals surface area contributed by atoms with E-state index in [4.69, 9.17) is 25.9 Å². The van der Waals surface area contributed by atoms with E-state index < -0.39 is 11.4 Å². The number of rotatable bonds is 13. The SMILES string of the molecule is COCCOCC1(C(=O)O)CCN(Cc2ccc(C3=NOC(c4cc(Cl)c(CC(C)C)c(NC(C)(C)C)c4)=CCC3C)cc2)CC1. The number of likely N-dealkylation sites (tertiary alicyclic amines) is 1. The topological polar surface area (TPSA) is 92.6 Å². The second kappa shape index (κ2) is 15.8. The zero-order valence-corrected chi connectivity index (χ0v) is 29.4. The predicted molar refractivity (Wildman–Crippen MR) is 186 cm³/mol. The van der Waals surface area contributed by atoms with E-state index in [1.807, 2.05) is 6.07 Å². The number of carbonyl (C=O) groups is 1. The summed E-state index contributed by atoms with van der Waals surface area (Å²) in [7, 11) is 1.61. The van der Waals surface area contributed by atoms with Crippen molar-refractivity contribution in [2.75, 3.05) is 45.3 Å². The first kappa shape index (κ1) is 35.9. The summed E-state index contributed by atoms with van der Waals surface area (Å²) in [6.07, 6.45) is 4.91. The Morgan fingerprint density at radius 2 is 1.85 bits per heavy atom. The van der Waals surface area contributed by atoms with Crippen LogP contribution in [0.15, 0.2) is 47.6 Å². The highest BCUT2D eigenvalue weighted by atomic mass is 35.5. The Bertz CT molecular complexity index is 1390. The van der Waals surface area contributed by atoms with Gasteiger partial charge in [0, 0.05) is 41.4 Å². The van der Waals surface area contributed by atoms with E-state index in [1.165, 1.54) is 5.56 Å². The van der Waals surface area contributed by atoms with Crippen LogP contribution in [0.1, 0.15) is 83.1 Å². The zero-order chi connectivity index (χ0) is 33.5. The summed E-state index contributed by atoms with van der Waals surface area (Å²) in [6.45, 7) is 16.3. The van der Waals surface area contributed by atoms with Crippen LogP contribution in [0.25, 0.3) is 5.76 Å². The van der Waals surface area contributed by atoms with Crippen molar-refractivity contribution in [2.24, 2.45) is 22.4 Å². The van der Waals surface area contributed by atoms with Gasteiger partial charge in [0.2, 0.25) is 0 Å². The minimum atomic E-state index is -0.832. The molecule has 2 aromatic rings. The van der Waals surface area contributed by atoms with Crippen LogP contribution >= 0.6 is 11.6 Å². The van der Waals surface area contributed by atoms with Crippen molar-refractivity contribution in [2.45, 2.75) is 79.3 Å². The molecule has 8 nitrogen and oxygen atoms in total. The van der Waals surface area contributed by atoms with Gasteiger partial charge in [-0.1, -0.05) is 61.8 Å². The first-order chi connectivity index (χ1) is 21.8. The lowest BCUT2D eigenvalue weighted by atomic mass is 9.79. The maximum absolute atomic E-state index is 12.1. The molecule has 2 aliphatic rings. The number of halogens is 1. The van der Waals surface area contributed by atoms with Gasteiger partial charge in [-0.2, -0.15) is 0 Å². The summed E-state index contributed by atoms with van der Waals surface area (Å²) in [5.41, 5.74) is 5.23. The van der Waals surface area contributed by atoms with Crippen molar-refractivity contribution in [1.29, 1.82) is 0 Å². The van der Waals surface area contributed by atoms with E-state index in [1.54, 1.807) is 7.11 Å². The highest BCUT2D eigenvalue weighted by Crippen LogP contribution is 2.36. The van der Waals surface area contributed by atoms with Gasteiger partial charge in [-0.15, -0.1) is 0 Å². The molecule has 0 radical (unpaired) electrons. The fourth-order valence-electron chi connectivity index (χ4n) is 6.05. The average Bonchev–Trinajstić information content (AvgIpc) is 3.19. The summed E-state index contributed by atoms with van der Waals surface area (Å²) in [5, 5.41) is 19.0. The number of ether oxygens (including phenoxy) is 2. The number of anilines is 1. The van der Waals surface area contributed by atoms with Crippen LogP contribution in [0.2, 0.25) is 5.02 Å². The smallest absolute Gasteiger partial charge is 0.312 e. The molecule has 9 heteroatoms. The Kier molecular flexibility index (Phi) is 12.3. The highest BCUT2D eigenvalue weighted by Gasteiger charge is 2.41. The molecule has 0 aromatic heterocycles. The number of allylic oxidation sites excluding steroid dienone is 1. The molecule has 0 saturated carbocycles. The maximum atomic E-state index is 12.1. The molecule has 1 unspecified atom stereocenters. The Morgan fingerprint density at radius 1 is 1.15 bits per heavy atom. The summed E-state index contributed by atoms with van der Waals surface area (Å²) in [5.74, 6) is 0.577. The fourth-order valence-corrected chi connectivity index (χ4v) is 6.34. The van der Waals surface area contributed by atoms with Crippen LogP contribution in [0, 0.1) is 17.3 Å². The Hall–Kier alpha value is -2.91. The second-order valence-corrected chi connectivity index (χ2v) is 14.7. The first-order valence-corrected chi connectivity index (χ1v) is 16.9. The third-order valence-electron chi connectivity index (χ3n) is 8.70. The van der Waals surface area contributed by atoms with Gasteiger partial charge in [-0.25, -0.2) is 0 Å². The van der Waals surface area contributed by atoms with Gasteiger partial charge in [-0.05, 0) is 100 Å². The summed E-state index contributed by atoms with van der Waals surface area (Å²) in [6, 6.07) is 12.6. The van der Waals surface area contributed by atoms with Crippen molar-refractivity contribution >= 4 is 34.7 Å². The molecular weight excluding hydrogens is 602 g/mol. The highest BCUT2D eigenvalue weighted by molar-refractivity contribution is 6.32. The lowest BCUT2D eigenvalue weighted by Crippen LogP contribution is -2.46. The molecule has 1 atom stereocenters. The molecule has 1 fully saturated rings. The van der Waals surface area contributed by atoms with E-state index in [2.05, 4.69) is 93.3 Å². The van der Waals surface area contributed by atoms with Crippen molar-refractivity contribution in [3.8, 4) is 0 Å². The van der Waals surface area contributed by atoms with E-state index >= 15 is 0 Å². The number of oxime groups is 1. The number of hydrogen-bond donors (Lipinski definition) is 2. The van der Waals surface area contributed by atoms with Gasteiger partial charge < -0.3 is 24.7 Å². The van der Waals surface area contributed by atoms with Gasteiger partial charge in [0.25, 0.3) is 0 Å². The van der Waals surface area contributed by atoms with Crippen molar-refractivity contribution in [3.05, 3.63) is 69.8 Å². The molecule has 0 aliphatic carbocycles. The Balaban J connectivity index is 1.42. The molecule has 2 aromatic carbocycles. The monoisotopic (exact) mass is 653 g/mol. The molecule has 46 heavy (non-hydrogen) atoms. The van der Waals surface area contributed by atoms with Crippen LogP contribution in [-0.4, -0.2) is 67.2 Å². The molecule has 2 heterocycles. The van der Waals surface area contributed by atoms with Crippen LogP contribution in [-0.2, 0) is 32.1 Å². The largest absolute Gasteiger partial charge is 0.481 e. The number of nitrogens with zero attached hydrogens (tertiary/aromatic N) is 2. The van der Waals surface area contributed by atoms with E-state index in [-0.39, 0.29) is 18.1 Å². The minimum absolute atomic E-state index is 0.117. The number of piperidine rings is 1. The summed E-state index contributed by atoms with van der Waals surface area (Å²) in [4.78, 5) is 20.5. The number of methoxy groups -OCH3 is 1. The standard InChI is InChI=1S/C37H52ClN3O5/c1-25(2)20-30-31(38)21-29(22-32(30)39-36(4,5)6)33-13-8-26(3)34(40-46-33)28-11-9-27(10-12-28)23-41-16-14-37(15-17-41,35(42)43)24-45-19-18-44-7/h9-13,21-22,25-26,39H,8,14-20,23-24H2,1-7H3,(H,42,43). The van der Waals surface area contributed by atoms with Gasteiger partial charge in [0.15, 0.2) is 5.76 Å². The van der Waals surface area contributed by atoms with Crippen LogP contribution in [0.4, 0.5) is 5.69 Å². The molecule has 2 N–H and O–H groups in total. The fraction of sp³-hybridized carbons (Fsp3) is 0.568. The Labute approximate surface area is 280 Å². The second-order valence-electron chi connectivity index (χ2n) is 14.3. The molecule has 252 valence electrons. The summed E-state index contributed by atoms with van der Waals surface area (Å²) >= 11 is 6.87. The Morgan fingerprint density at radius 3 is 2.46 bits per heavy atom. The van der Waals surface area contributed by atoms with Crippen molar-refractivity contribution in [3.63, 3.8) is 0 Å². The van der Waals surface area contributed by atoms with E-state index in [9.17, 15) is 9.90 Å².